The normalized spacial score (nSPS) is 12.9. The number of hydrogen-bond acceptors (Lipinski definition) is 7. The highest BCUT2D eigenvalue weighted by Crippen LogP contribution is 2.26. The van der Waals surface area contributed by atoms with Crippen LogP contribution in [0.3, 0.4) is 0 Å². The van der Waals surface area contributed by atoms with E-state index < -0.39 is 29.2 Å². The fraction of sp³-hybridized carbons (Fsp3) is 0.425. The Morgan fingerprint density at radius 1 is 0.882 bits per heavy atom. The van der Waals surface area contributed by atoms with Crippen LogP contribution in [0.4, 0.5) is 4.79 Å². The number of carbonyl (C=O) groups excluding carboxylic acids is 4. The lowest BCUT2D eigenvalue weighted by atomic mass is 9.92. The number of aromatic nitrogens is 2. The molecular formula is C40H51N5O6. The summed E-state index contributed by atoms with van der Waals surface area (Å²) >= 11 is 0. The van der Waals surface area contributed by atoms with Crippen LogP contribution in [-0.2, 0) is 43.4 Å². The van der Waals surface area contributed by atoms with Crippen LogP contribution in [0.1, 0.15) is 70.1 Å². The number of rotatable bonds is 16. The van der Waals surface area contributed by atoms with Crippen molar-refractivity contribution in [1.82, 2.24) is 25.3 Å². The molecule has 11 nitrogen and oxygen atoms in total. The van der Waals surface area contributed by atoms with Crippen LogP contribution in [0, 0.1) is 0 Å². The van der Waals surface area contributed by atoms with Gasteiger partial charge in [-0.2, -0.15) is 5.10 Å². The first-order chi connectivity index (χ1) is 24.1. The Morgan fingerprint density at radius 3 is 2.25 bits per heavy atom. The summed E-state index contributed by atoms with van der Waals surface area (Å²) in [6.45, 7) is 9.02. The Balaban J connectivity index is 1.39. The second-order valence-electron chi connectivity index (χ2n) is 14.5. The zero-order valence-corrected chi connectivity index (χ0v) is 30.8. The molecular weight excluding hydrogens is 646 g/mol. The highest BCUT2D eigenvalue weighted by atomic mass is 16.6. The number of carbonyl (C=O) groups is 4. The van der Waals surface area contributed by atoms with Crippen molar-refractivity contribution in [3.05, 3.63) is 102 Å². The number of hydrogen-bond donors (Lipinski definition) is 2. The van der Waals surface area contributed by atoms with Gasteiger partial charge < -0.3 is 25.0 Å². The molecule has 1 heterocycles. The molecule has 2 N–H and O–H groups in total. The fourth-order valence-electron chi connectivity index (χ4n) is 5.57. The van der Waals surface area contributed by atoms with Crippen molar-refractivity contribution in [2.24, 2.45) is 0 Å². The Morgan fingerprint density at radius 2 is 1.57 bits per heavy atom. The van der Waals surface area contributed by atoms with Crippen LogP contribution in [0.25, 0.3) is 10.8 Å². The summed E-state index contributed by atoms with van der Waals surface area (Å²) < 4.78 is 13.0. The van der Waals surface area contributed by atoms with E-state index in [0.717, 1.165) is 27.5 Å². The lowest BCUT2D eigenvalue weighted by Gasteiger charge is -2.29. The SMILES string of the molecule is CN(C)C(=O)C(CCn1cc(CCC(=O)[C@@H](COCc2ccccc2)NC(=O)C(C)(C)NC(=O)OC(C)(C)C)cn1)c1ccc2ccccc2c1. The number of aryl methyl sites for hydroxylation is 2. The molecule has 11 heteroatoms. The van der Waals surface area contributed by atoms with Crippen LogP contribution in [0.15, 0.2) is 85.2 Å². The third-order valence-corrected chi connectivity index (χ3v) is 8.38. The molecule has 0 aliphatic rings. The lowest BCUT2D eigenvalue weighted by Crippen LogP contribution is -2.59. The second kappa shape index (κ2) is 17.3. The number of amides is 3. The predicted molar refractivity (Wildman–Crippen MR) is 197 cm³/mol. The molecule has 0 saturated heterocycles. The van der Waals surface area contributed by atoms with Gasteiger partial charge in [0.05, 0.1) is 25.3 Å². The number of Topliss-reactive ketones (excluding diaryl/α,β-unsaturated/α-hetero) is 1. The lowest BCUT2D eigenvalue weighted by molar-refractivity contribution is -0.132. The van der Waals surface area contributed by atoms with Crippen molar-refractivity contribution in [2.45, 2.75) is 90.1 Å². The van der Waals surface area contributed by atoms with Crippen LogP contribution in [0.2, 0.25) is 0 Å². The number of ether oxygens (including phenoxy) is 2. The summed E-state index contributed by atoms with van der Waals surface area (Å²) in [5, 5.41) is 12.1. The third kappa shape index (κ3) is 11.8. The smallest absolute Gasteiger partial charge is 0.408 e. The molecule has 51 heavy (non-hydrogen) atoms. The molecule has 4 rings (SSSR count). The number of nitrogens with zero attached hydrogens (tertiary/aromatic N) is 3. The molecule has 0 aliphatic carbocycles. The zero-order valence-electron chi connectivity index (χ0n) is 30.8. The van der Waals surface area contributed by atoms with Crippen molar-refractivity contribution >= 4 is 34.5 Å². The second-order valence-corrected chi connectivity index (χ2v) is 14.5. The minimum Gasteiger partial charge on any atom is -0.444 e. The summed E-state index contributed by atoms with van der Waals surface area (Å²) in [5.41, 5.74) is 0.644. The van der Waals surface area contributed by atoms with E-state index in [9.17, 15) is 19.2 Å². The van der Waals surface area contributed by atoms with Gasteiger partial charge in [-0.25, -0.2) is 4.79 Å². The molecule has 1 unspecified atom stereocenters. The summed E-state index contributed by atoms with van der Waals surface area (Å²) in [7, 11) is 3.53. The molecule has 0 saturated carbocycles. The van der Waals surface area contributed by atoms with Gasteiger partial charge in [-0.3, -0.25) is 19.1 Å². The number of fused-ring (bicyclic) bond motifs is 1. The first-order valence-electron chi connectivity index (χ1n) is 17.3. The monoisotopic (exact) mass is 697 g/mol. The van der Waals surface area contributed by atoms with Crippen molar-refractivity contribution in [1.29, 1.82) is 0 Å². The summed E-state index contributed by atoms with van der Waals surface area (Å²) in [6, 6.07) is 22.8. The average Bonchev–Trinajstić information content (AvgIpc) is 3.53. The molecule has 0 aliphatic heterocycles. The van der Waals surface area contributed by atoms with E-state index in [4.69, 9.17) is 9.47 Å². The van der Waals surface area contributed by atoms with E-state index in [1.165, 1.54) is 0 Å². The molecule has 4 aromatic rings. The summed E-state index contributed by atoms with van der Waals surface area (Å²) in [5.74, 6) is -1.08. The van der Waals surface area contributed by atoms with Gasteiger partial charge in [-0.15, -0.1) is 0 Å². The molecule has 0 radical (unpaired) electrons. The van der Waals surface area contributed by atoms with Gasteiger partial charge in [0.15, 0.2) is 5.78 Å². The minimum atomic E-state index is -1.36. The minimum absolute atomic E-state index is 0.0234. The van der Waals surface area contributed by atoms with Gasteiger partial charge in [0, 0.05) is 33.3 Å². The molecule has 272 valence electrons. The van der Waals surface area contributed by atoms with Crippen LogP contribution < -0.4 is 10.6 Å². The Hall–Kier alpha value is -5.03. The van der Waals surface area contributed by atoms with Gasteiger partial charge in [0.25, 0.3) is 0 Å². The zero-order chi connectivity index (χ0) is 37.2. The van der Waals surface area contributed by atoms with Gasteiger partial charge in [0.1, 0.15) is 17.2 Å². The van der Waals surface area contributed by atoms with E-state index in [-0.39, 0.29) is 37.2 Å². The topological polar surface area (TPSA) is 132 Å². The standard InChI is InChI=1S/C40H51N5O6/c1-39(2,3)51-38(49)43-40(4,5)37(48)42-34(27-50-26-28-13-9-8-10-14-28)35(46)20-17-29-24-41-45(25-29)22-21-33(36(47)44(6)7)32-19-18-30-15-11-12-16-31(30)23-32/h8-16,18-19,23-25,33-34H,17,20-22,26-27H2,1-7H3,(H,42,48)(H,43,49)/t33?,34-/m1/s1. The maximum absolute atomic E-state index is 13.6. The van der Waals surface area contributed by atoms with Crippen LogP contribution in [0.5, 0.6) is 0 Å². The molecule has 0 fully saturated rings. The predicted octanol–water partition coefficient (Wildman–Crippen LogP) is 5.81. The Kier molecular flexibility index (Phi) is 13.1. The van der Waals surface area contributed by atoms with Gasteiger partial charge in [0.2, 0.25) is 11.8 Å². The van der Waals surface area contributed by atoms with E-state index >= 15 is 0 Å². The fourth-order valence-corrected chi connectivity index (χ4v) is 5.57. The maximum Gasteiger partial charge on any atom is 0.408 e. The Bertz CT molecular complexity index is 1790. The molecule has 3 amide bonds. The maximum atomic E-state index is 13.6. The third-order valence-electron chi connectivity index (χ3n) is 8.38. The van der Waals surface area contributed by atoms with Crippen LogP contribution in [-0.4, -0.2) is 76.3 Å². The van der Waals surface area contributed by atoms with E-state index in [1.807, 2.05) is 66.9 Å². The molecule has 1 aromatic heterocycles. The van der Waals surface area contributed by atoms with E-state index in [1.54, 1.807) is 64.5 Å². The summed E-state index contributed by atoms with van der Waals surface area (Å²) in [6.07, 6.45) is 3.95. The first kappa shape index (κ1) is 38.8. The van der Waals surface area contributed by atoms with Crippen molar-refractivity contribution in [3.8, 4) is 0 Å². The van der Waals surface area contributed by atoms with Gasteiger partial charge in [-0.05, 0) is 74.9 Å². The molecule has 2 atom stereocenters. The van der Waals surface area contributed by atoms with E-state index in [2.05, 4.69) is 27.9 Å². The first-order valence-corrected chi connectivity index (χ1v) is 17.3. The van der Waals surface area contributed by atoms with E-state index in [0.29, 0.717) is 19.4 Å². The molecule has 3 aromatic carbocycles. The van der Waals surface area contributed by atoms with Crippen LogP contribution >= 0.6 is 0 Å². The van der Waals surface area contributed by atoms with Crippen molar-refractivity contribution in [2.75, 3.05) is 20.7 Å². The number of alkyl carbamates (subject to hydrolysis) is 1. The van der Waals surface area contributed by atoms with Gasteiger partial charge >= 0.3 is 6.09 Å². The van der Waals surface area contributed by atoms with Gasteiger partial charge in [-0.1, -0.05) is 72.8 Å². The van der Waals surface area contributed by atoms with Crippen molar-refractivity contribution in [3.63, 3.8) is 0 Å². The largest absolute Gasteiger partial charge is 0.444 e. The number of nitrogens with one attached hydrogen (secondary N) is 2. The highest BCUT2D eigenvalue weighted by Gasteiger charge is 2.34. The average molecular weight is 698 g/mol. The quantitative estimate of drug-likeness (QED) is 0.151. The number of likely N-dealkylation sites (N-methyl/N-ethyl adjacent to an activating group) is 1. The highest BCUT2D eigenvalue weighted by molar-refractivity contribution is 5.94. The van der Waals surface area contributed by atoms with Crippen molar-refractivity contribution < 1.29 is 28.7 Å². The number of benzene rings is 3. The number of ketones is 1. The Labute approximate surface area is 300 Å². The molecule has 0 bridgehead atoms. The summed E-state index contributed by atoms with van der Waals surface area (Å²) in [4.78, 5) is 54.2. The molecule has 0 spiro atoms.